The van der Waals surface area contributed by atoms with Crippen LogP contribution < -0.4 is 10.1 Å². The molecule has 0 aliphatic rings. The standard InChI is InChI=1S/C21H27NO4S/c1-6-19(26-20-12-7-14(2)13-15(20)3)21(23)22-16(4)17-8-10-18(11-9-17)27(5,24)25/h7-13,16,19H,6H2,1-5H3,(H,22,23)/t16-,19-/m1/s1. The van der Waals surface area contributed by atoms with E-state index in [1.807, 2.05) is 45.9 Å². The fraction of sp³-hybridized carbons (Fsp3) is 0.381. The van der Waals surface area contributed by atoms with Crippen molar-refractivity contribution >= 4 is 15.7 Å². The van der Waals surface area contributed by atoms with Gasteiger partial charge in [-0.3, -0.25) is 4.79 Å². The molecule has 0 heterocycles. The number of rotatable bonds is 7. The van der Waals surface area contributed by atoms with E-state index in [0.717, 1.165) is 16.7 Å². The average Bonchev–Trinajstić information content (AvgIpc) is 2.60. The van der Waals surface area contributed by atoms with Gasteiger partial charge < -0.3 is 10.1 Å². The number of hydrogen-bond donors (Lipinski definition) is 1. The Morgan fingerprint density at radius 3 is 2.26 bits per heavy atom. The average molecular weight is 390 g/mol. The first-order chi connectivity index (χ1) is 12.6. The Morgan fingerprint density at radius 2 is 1.74 bits per heavy atom. The summed E-state index contributed by atoms with van der Waals surface area (Å²) in [5, 5.41) is 2.94. The molecule has 146 valence electrons. The third-order valence-electron chi connectivity index (χ3n) is 4.43. The zero-order chi connectivity index (χ0) is 20.2. The highest BCUT2D eigenvalue weighted by Gasteiger charge is 2.21. The molecule has 2 aromatic rings. The molecule has 0 aliphatic heterocycles. The molecule has 2 atom stereocenters. The molecule has 0 fully saturated rings. The van der Waals surface area contributed by atoms with Gasteiger partial charge in [0.2, 0.25) is 0 Å². The zero-order valence-corrected chi connectivity index (χ0v) is 17.3. The monoisotopic (exact) mass is 389 g/mol. The number of amides is 1. The van der Waals surface area contributed by atoms with Crippen LogP contribution in [0.1, 0.15) is 43.0 Å². The van der Waals surface area contributed by atoms with Crippen molar-refractivity contribution in [1.82, 2.24) is 5.32 Å². The Hall–Kier alpha value is -2.34. The van der Waals surface area contributed by atoms with Crippen molar-refractivity contribution < 1.29 is 17.9 Å². The number of nitrogens with one attached hydrogen (secondary N) is 1. The van der Waals surface area contributed by atoms with Crippen LogP contribution in [0.2, 0.25) is 0 Å². The Labute approximate surface area is 161 Å². The summed E-state index contributed by atoms with van der Waals surface area (Å²) in [6.07, 6.45) is 1.12. The van der Waals surface area contributed by atoms with Crippen molar-refractivity contribution in [3.63, 3.8) is 0 Å². The van der Waals surface area contributed by atoms with Crippen molar-refractivity contribution in [3.8, 4) is 5.75 Å². The topological polar surface area (TPSA) is 72.5 Å². The van der Waals surface area contributed by atoms with Crippen molar-refractivity contribution in [2.45, 2.75) is 51.2 Å². The van der Waals surface area contributed by atoms with Gasteiger partial charge in [-0.1, -0.05) is 36.8 Å². The van der Waals surface area contributed by atoms with Gasteiger partial charge in [0.1, 0.15) is 5.75 Å². The smallest absolute Gasteiger partial charge is 0.261 e. The van der Waals surface area contributed by atoms with Crippen LogP contribution in [0.3, 0.4) is 0 Å². The van der Waals surface area contributed by atoms with E-state index < -0.39 is 15.9 Å². The van der Waals surface area contributed by atoms with Gasteiger partial charge in [0.25, 0.3) is 5.91 Å². The van der Waals surface area contributed by atoms with Gasteiger partial charge in [-0.15, -0.1) is 0 Å². The molecular weight excluding hydrogens is 362 g/mol. The molecule has 1 N–H and O–H groups in total. The van der Waals surface area contributed by atoms with E-state index in [1.165, 1.54) is 6.26 Å². The maximum Gasteiger partial charge on any atom is 0.261 e. The molecule has 0 aromatic heterocycles. The van der Waals surface area contributed by atoms with Crippen molar-refractivity contribution in [3.05, 3.63) is 59.2 Å². The highest BCUT2D eigenvalue weighted by molar-refractivity contribution is 7.90. The maximum atomic E-state index is 12.6. The summed E-state index contributed by atoms with van der Waals surface area (Å²) in [6.45, 7) is 7.73. The summed E-state index contributed by atoms with van der Waals surface area (Å²) >= 11 is 0. The third-order valence-corrected chi connectivity index (χ3v) is 5.56. The fourth-order valence-corrected chi connectivity index (χ4v) is 3.43. The summed E-state index contributed by atoms with van der Waals surface area (Å²) in [4.78, 5) is 12.9. The Bertz CT molecular complexity index is 904. The summed E-state index contributed by atoms with van der Waals surface area (Å²) in [6, 6.07) is 12.1. The van der Waals surface area contributed by atoms with E-state index in [4.69, 9.17) is 4.74 Å². The molecule has 0 saturated carbocycles. The predicted octanol–water partition coefficient (Wildman–Crippen LogP) is 3.74. The second-order valence-electron chi connectivity index (χ2n) is 6.86. The molecule has 27 heavy (non-hydrogen) atoms. The van der Waals surface area contributed by atoms with Gasteiger partial charge in [-0.25, -0.2) is 8.42 Å². The molecular formula is C21H27NO4S. The van der Waals surface area contributed by atoms with Gasteiger partial charge in [0.05, 0.1) is 10.9 Å². The van der Waals surface area contributed by atoms with E-state index in [1.54, 1.807) is 24.3 Å². The van der Waals surface area contributed by atoms with Gasteiger partial charge >= 0.3 is 0 Å². The fourth-order valence-electron chi connectivity index (χ4n) is 2.80. The first-order valence-corrected chi connectivity index (χ1v) is 10.8. The lowest BCUT2D eigenvalue weighted by Gasteiger charge is -2.22. The molecule has 0 bridgehead atoms. The number of sulfone groups is 1. The van der Waals surface area contributed by atoms with E-state index in [9.17, 15) is 13.2 Å². The molecule has 0 unspecified atom stereocenters. The molecule has 5 nitrogen and oxygen atoms in total. The molecule has 0 saturated heterocycles. The molecule has 2 aromatic carbocycles. The van der Waals surface area contributed by atoms with Crippen LogP contribution in [0.25, 0.3) is 0 Å². The second-order valence-corrected chi connectivity index (χ2v) is 8.87. The summed E-state index contributed by atoms with van der Waals surface area (Å²) in [5.41, 5.74) is 2.96. The highest BCUT2D eigenvalue weighted by Crippen LogP contribution is 2.22. The summed E-state index contributed by atoms with van der Waals surface area (Å²) in [5.74, 6) is 0.505. The van der Waals surface area contributed by atoms with Crippen LogP contribution in [-0.2, 0) is 14.6 Å². The first-order valence-electron chi connectivity index (χ1n) is 8.96. The quantitative estimate of drug-likeness (QED) is 0.783. The van der Waals surface area contributed by atoms with Crippen LogP contribution in [0, 0.1) is 13.8 Å². The number of carbonyl (C=O) groups is 1. The van der Waals surface area contributed by atoms with Gasteiger partial charge in [0, 0.05) is 6.26 Å². The number of benzene rings is 2. The number of aryl methyl sites for hydroxylation is 2. The Kier molecular flexibility index (Phi) is 6.65. The molecule has 0 spiro atoms. The third kappa shape index (κ3) is 5.57. The minimum absolute atomic E-state index is 0.197. The van der Waals surface area contributed by atoms with Crippen molar-refractivity contribution in [2.75, 3.05) is 6.26 Å². The number of carbonyl (C=O) groups excluding carboxylic acids is 1. The molecule has 0 aliphatic carbocycles. The van der Waals surface area contributed by atoms with E-state index in [2.05, 4.69) is 5.32 Å². The minimum atomic E-state index is -3.23. The lowest BCUT2D eigenvalue weighted by atomic mass is 10.1. The minimum Gasteiger partial charge on any atom is -0.480 e. The predicted molar refractivity (Wildman–Crippen MR) is 107 cm³/mol. The van der Waals surface area contributed by atoms with Gasteiger partial charge in [-0.2, -0.15) is 0 Å². The normalized spacial score (nSPS) is 13.7. The zero-order valence-electron chi connectivity index (χ0n) is 16.4. The van der Waals surface area contributed by atoms with E-state index >= 15 is 0 Å². The van der Waals surface area contributed by atoms with Crippen LogP contribution in [0.15, 0.2) is 47.4 Å². The van der Waals surface area contributed by atoms with Crippen molar-refractivity contribution in [1.29, 1.82) is 0 Å². The second kappa shape index (κ2) is 8.57. The number of ether oxygens (including phenoxy) is 1. The molecule has 0 radical (unpaired) electrons. The summed E-state index contributed by atoms with van der Waals surface area (Å²) in [7, 11) is -3.23. The van der Waals surface area contributed by atoms with Crippen molar-refractivity contribution in [2.24, 2.45) is 0 Å². The Balaban J connectivity index is 2.07. The lowest BCUT2D eigenvalue weighted by molar-refractivity contribution is -0.128. The molecule has 1 amide bonds. The van der Waals surface area contributed by atoms with Gasteiger partial charge in [-0.05, 0) is 56.5 Å². The van der Waals surface area contributed by atoms with Crippen LogP contribution in [0.5, 0.6) is 5.75 Å². The number of hydrogen-bond acceptors (Lipinski definition) is 4. The van der Waals surface area contributed by atoms with E-state index in [0.29, 0.717) is 12.2 Å². The maximum absolute atomic E-state index is 12.6. The lowest BCUT2D eigenvalue weighted by Crippen LogP contribution is -2.39. The van der Waals surface area contributed by atoms with Crippen LogP contribution >= 0.6 is 0 Å². The highest BCUT2D eigenvalue weighted by atomic mass is 32.2. The Morgan fingerprint density at radius 1 is 1.11 bits per heavy atom. The summed E-state index contributed by atoms with van der Waals surface area (Å²) < 4.78 is 29.0. The van der Waals surface area contributed by atoms with E-state index in [-0.39, 0.29) is 16.8 Å². The first kappa shape index (κ1) is 21.0. The van der Waals surface area contributed by atoms with Crippen LogP contribution in [-0.4, -0.2) is 26.7 Å². The van der Waals surface area contributed by atoms with Crippen LogP contribution in [0.4, 0.5) is 0 Å². The van der Waals surface area contributed by atoms with Gasteiger partial charge in [0.15, 0.2) is 15.9 Å². The molecule has 2 rings (SSSR count). The molecule has 6 heteroatoms. The SMILES string of the molecule is CC[C@@H](Oc1ccc(C)cc1C)C(=O)N[C@H](C)c1ccc(S(C)(=O)=O)cc1. The largest absolute Gasteiger partial charge is 0.480 e.